The predicted molar refractivity (Wildman–Crippen MR) is 84.2 cm³/mol. The van der Waals surface area contributed by atoms with Crippen LogP contribution >= 0.6 is 0 Å². The van der Waals surface area contributed by atoms with Gasteiger partial charge in [-0.25, -0.2) is 4.98 Å². The fourth-order valence-corrected chi connectivity index (χ4v) is 2.78. The van der Waals surface area contributed by atoms with Gasteiger partial charge in [-0.2, -0.15) is 4.52 Å². The van der Waals surface area contributed by atoms with Gasteiger partial charge < -0.3 is 15.0 Å². The highest BCUT2D eigenvalue weighted by molar-refractivity contribution is 5.90. The Kier molecular flexibility index (Phi) is 4.24. The smallest absolute Gasteiger partial charge is 0.227 e. The van der Waals surface area contributed by atoms with Crippen LogP contribution in [-0.2, 0) is 9.53 Å². The van der Waals surface area contributed by atoms with E-state index in [4.69, 9.17) is 4.74 Å². The third-order valence-electron chi connectivity index (χ3n) is 4.00. The zero-order chi connectivity index (χ0) is 15.5. The number of amides is 1. The molecular weight excluding hydrogens is 282 g/mol. The second-order valence-corrected chi connectivity index (χ2v) is 5.58. The van der Waals surface area contributed by atoms with Gasteiger partial charge in [0.05, 0.1) is 19.2 Å². The molecule has 0 aliphatic carbocycles. The monoisotopic (exact) mass is 303 g/mol. The SMILES string of the molecule is COCCC(=O)Nc1cnc2ccc(N3CCC[C@@H]3C)nn12. The van der Waals surface area contributed by atoms with Crippen LogP contribution < -0.4 is 10.2 Å². The van der Waals surface area contributed by atoms with Crippen LogP contribution in [0.25, 0.3) is 5.65 Å². The molecule has 3 heterocycles. The Labute approximate surface area is 129 Å². The van der Waals surface area contributed by atoms with Crippen LogP contribution in [0.1, 0.15) is 26.2 Å². The topological polar surface area (TPSA) is 71.8 Å². The zero-order valence-electron chi connectivity index (χ0n) is 13.0. The summed E-state index contributed by atoms with van der Waals surface area (Å²) in [6.45, 7) is 3.62. The molecule has 2 aromatic rings. The Morgan fingerprint density at radius 1 is 1.50 bits per heavy atom. The number of carbonyl (C=O) groups excluding carboxylic acids is 1. The largest absolute Gasteiger partial charge is 0.384 e. The molecule has 1 atom stereocenters. The highest BCUT2D eigenvalue weighted by Gasteiger charge is 2.22. The first-order valence-electron chi connectivity index (χ1n) is 7.59. The molecule has 7 nitrogen and oxygen atoms in total. The molecule has 3 rings (SSSR count). The third kappa shape index (κ3) is 2.89. The van der Waals surface area contributed by atoms with Crippen molar-refractivity contribution in [1.29, 1.82) is 0 Å². The van der Waals surface area contributed by atoms with Crippen molar-refractivity contribution in [3.63, 3.8) is 0 Å². The maximum Gasteiger partial charge on any atom is 0.227 e. The van der Waals surface area contributed by atoms with E-state index in [-0.39, 0.29) is 5.91 Å². The van der Waals surface area contributed by atoms with Crippen molar-refractivity contribution < 1.29 is 9.53 Å². The van der Waals surface area contributed by atoms with Crippen molar-refractivity contribution >= 4 is 23.2 Å². The molecule has 0 radical (unpaired) electrons. The average molecular weight is 303 g/mol. The van der Waals surface area contributed by atoms with E-state index >= 15 is 0 Å². The van der Waals surface area contributed by atoms with Crippen LogP contribution in [0, 0.1) is 0 Å². The highest BCUT2D eigenvalue weighted by atomic mass is 16.5. The van der Waals surface area contributed by atoms with Crippen LogP contribution in [0.5, 0.6) is 0 Å². The average Bonchev–Trinajstić information content (AvgIpc) is 3.11. The number of imidazole rings is 1. The van der Waals surface area contributed by atoms with Gasteiger partial charge in [0.15, 0.2) is 11.5 Å². The molecule has 22 heavy (non-hydrogen) atoms. The molecule has 1 aliphatic heterocycles. The number of fused-ring (bicyclic) bond motifs is 1. The lowest BCUT2D eigenvalue weighted by atomic mass is 10.2. The van der Waals surface area contributed by atoms with E-state index in [9.17, 15) is 4.79 Å². The molecule has 0 spiro atoms. The summed E-state index contributed by atoms with van der Waals surface area (Å²) in [6.07, 6.45) is 4.31. The van der Waals surface area contributed by atoms with Crippen molar-refractivity contribution in [3.8, 4) is 0 Å². The van der Waals surface area contributed by atoms with E-state index in [0.717, 1.165) is 18.0 Å². The Bertz CT molecular complexity index is 669. The molecule has 1 fully saturated rings. The number of methoxy groups -OCH3 is 1. The first-order chi connectivity index (χ1) is 10.7. The number of hydrogen-bond acceptors (Lipinski definition) is 5. The Morgan fingerprint density at radius 2 is 2.36 bits per heavy atom. The lowest BCUT2D eigenvalue weighted by Gasteiger charge is -2.22. The van der Waals surface area contributed by atoms with Gasteiger partial charge in [0, 0.05) is 19.7 Å². The molecule has 1 aliphatic rings. The van der Waals surface area contributed by atoms with E-state index in [1.807, 2.05) is 12.1 Å². The first kappa shape index (κ1) is 14.8. The van der Waals surface area contributed by atoms with E-state index in [1.54, 1.807) is 17.8 Å². The Morgan fingerprint density at radius 3 is 3.09 bits per heavy atom. The molecular formula is C15H21N5O2. The predicted octanol–water partition coefficient (Wildman–Crippen LogP) is 1.69. The van der Waals surface area contributed by atoms with E-state index in [2.05, 4.69) is 27.2 Å². The van der Waals surface area contributed by atoms with Gasteiger partial charge in [-0.3, -0.25) is 4.79 Å². The molecule has 7 heteroatoms. The number of carbonyl (C=O) groups is 1. The quantitative estimate of drug-likeness (QED) is 0.910. The third-order valence-corrected chi connectivity index (χ3v) is 4.00. The normalized spacial score (nSPS) is 18.1. The molecule has 0 unspecified atom stereocenters. The minimum atomic E-state index is -0.106. The van der Waals surface area contributed by atoms with Crippen molar-refractivity contribution in [1.82, 2.24) is 14.6 Å². The van der Waals surface area contributed by atoms with Crippen LogP contribution in [0.4, 0.5) is 11.6 Å². The second-order valence-electron chi connectivity index (χ2n) is 5.58. The molecule has 1 N–H and O–H groups in total. The van der Waals surface area contributed by atoms with Gasteiger partial charge in [0.25, 0.3) is 0 Å². The number of ether oxygens (including phenoxy) is 1. The molecule has 118 valence electrons. The summed E-state index contributed by atoms with van der Waals surface area (Å²) in [7, 11) is 1.58. The number of rotatable bonds is 5. The van der Waals surface area contributed by atoms with Crippen molar-refractivity contribution in [2.75, 3.05) is 30.5 Å². The van der Waals surface area contributed by atoms with Crippen LogP contribution in [0.15, 0.2) is 18.3 Å². The summed E-state index contributed by atoms with van der Waals surface area (Å²) in [6, 6.07) is 4.41. The highest BCUT2D eigenvalue weighted by Crippen LogP contribution is 2.24. The van der Waals surface area contributed by atoms with Crippen LogP contribution in [0.2, 0.25) is 0 Å². The lowest BCUT2D eigenvalue weighted by molar-refractivity contribution is -0.117. The summed E-state index contributed by atoms with van der Waals surface area (Å²) < 4.78 is 6.60. The fourth-order valence-electron chi connectivity index (χ4n) is 2.78. The summed E-state index contributed by atoms with van der Waals surface area (Å²) in [4.78, 5) is 18.4. The number of nitrogens with zero attached hydrogens (tertiary/aromatic N) is 4. The molecule has 1 amide bonds. The van der Waals surface area contributed by atoms with Gasteiger partial charge in [-0.05, 0) is 31.9 Å². The molecule has 0 bridgehead atoms. The Balaban J connectivity index is 1.84. The zero-order valence-corrected chi connectivity index (χ0v) is 13.0. The van der Waals surface area contributed by atoms with Gasteiger partial charge in [-0.15, -0.1) is 5.10 Å². The molecule has 0 saturated carbocycles. The maximum atomic E-state index is 11.8. The summed E-state index contributed by atoms with van der Waals surface area (Å²) in [5.41, 5.74) is 0.720. The number of nitrogens with one attached hydrogen (secondary N) is 1. The van der Waals surface area contributed by atoms with Crippen molar-refractivity contribution in [3.05, 3.63) is 18.3 Å². The van der Waals surface area contributed by atoms with Gasteiger partial charge in [0.2, 0.25) is 5.91 Å². The maximum absolute atomic E-state index is 11.8. The minimum absolute atomic E-state index is 0.106. The van der Waals surface area contributed by atoms with E-state index in [0.29, 0.717) is 24.9 Å². The fraction of sp³-hybridized carbons (Fsp3) is 0.533. The standard InChI is InChI=1S/C15H21N5O2/c1-11-4-3-8-19(11)13-6-5-12-16-10-14(20(12)18-13)17-15(21)7-9-22-2/h5-6,10-11H,3-4,7-9H2,1-2H3,(H,17,21)/t11-/m0/s1. The van der Waals surface area contributed by atoms with Gasteiger partial charge in [-0.1, -0.05) is 0 Å². The summed E-state index contributed by atoms with van der Waals surface area (Å²) in [5, 5.41) is 7.46. The first-order valence-corrected chi connectivity index (χ1v) is 7.59. The summed E-state index contributed by atoms with van der Waals surface area (Å²) in [5.74, 6) is 1.40. The minimum Gasteiger partial charge on any atom is -0.384 e. The molecule has 2 aromatic heterocycles. The second kappa shape index (κ2) is 6.31. The summed E-state index contributed by atoms with van der Waals surface area (Å²) >= 11 is 0. The number of hydrogen-bond donors (Lipinski definition) is 1. The van der Waals surface area contributed by atoms with Gasteiger partial charge >= 0.3 is 0 Å². The van der Waals surface area contributed by atoms with Gasteiger partial charge in [0.1, 0.15) is 5.82 Å². The Hall–Kier alpha value is -2.15. The van der Waals surface area contributed by atoms with E-state index in [1.165, 1.54) is 12.8 Å². The van der Waals surface area contributed by atoms with Crippen molar-refractivity contribution in [2.24, 2.45) is 0 Å². The molecule has 0 aromatic carbocycles. The van der Waals surface area contributed by atoms with Crippen molar-refractivity contribution in [2.45, 2.75) is 32.2 Å². The number of aromatic nitrogens is 3. The molecule has 1 saturated heterocycles. The lowest BCUT2D eigenvalue weighted by Crippen LogP contribution is -2.27. The van der Waals surface area contributed by atoms with E-state index < -0.39 is 0 Å². The van der Waals surface area contributed by atoms with Crippen LogP contribution in [0.3, 0.4) is 0 Å². The van der Waals surface area contributed by atoms with Crippen LogP contribution in [-0.4, -0.2) is 46.8 Å². The number of anilines is 2.